The summed E-state index contributed by atoms with van der Waals surface area (Å²) >= 11 is 6.19. The topological polar surface area (TPSA) is 62.3 Å². The smallest absolute Gasteiger partial charge is 0.229 e. The van der Waals surface area contributed by atoms with Crippen molar-refractivity contribution >= 4 is 40.4 Å². The van der Waals surface area contributed by atoms with E-state index in [0.717, 1.165) is 22.8 Å². The minimum absolute atomic E-state index is 0.523. The summed E-state index contributed by atoms with van der Waals surface area (Å²) in [6, 6.07) is 15.4. The zero-order valence-electron chi connectivity index (χ0n) is 15.7. The first kappa shape index (κ1) is 18.8. The Morgan fingerprint density at radius 1 is 0.926 bits per heavy atom. The minimum atomic E-state index is 0.523. The molecule has 0 aliphatic heterocycles. The Morgan fingerprint density at radius 3 is 2.26 bits per heavy atom. The van der Waals surface area contributed by atoms with Crippen LogP contribution < -0.4 is 20.3 Å². The number of halogens is 1. The third-order valence-corrected chi connectivity index (χ3v) is 4.21. The van der Waals surface area contributed by atoms with E-state index in [1.54, 1.807) is 13.2 Å². The van der Waals surface area contributed by atoms with Gasteiger partial charge in [0.2, 0.25) is 5.95 Å². The first-order valence-electron chi connectivity index (χ1n) is 8.45. The first-order valence-corrected chi connectivity index (χ1v) is 8.83. The average molecular weight is 384 g/mol. The number of nitrogens with one attached hydrogen (secondary N) is 2. The second kappa shape index (κ2) is 8.14. The SMILES string of the molecule is COc1ccc(Nc2cc(C)nc(Nc3ccc(N(C)C)cc3)n2)cc1Cl. The predicted octanol–water partition coefficient (Wildman–Crippen LogP) is 5.00. The molecule has 1 heterocycles. The maximum absolute atomic E-state index is 6.19. The number of aromatic nitrogens is 2. The summed E-state index contributed by atoms with van der Waals surface area (Å²) in [6.45, 7) is 1.92. The zero-order valence-corrected chi connectivity index (χ0v) is 16.5. The van der Waals surface area contributed by atoms with E-state index in [-0.39, 0.29) is 0 Å². The molecule has 0 bridgehead atoms. The van der Waals surface area contributed by atoms with E-state index in [1.165, 1.54) is 0 Å². The van der Waals surface area contributed by atoms with Crippen LogP contribution in [0.3, 0.4) is 0 Å². The van der Waals surface area contributed by atoms with Gasteiger partial charge < -0.3 is 20.3 Å². The van der Waals surface area contributed by atoms with Crippen LogP contribution in [0.15, 0.2) is 48.5 Å². The molecule has 0 aliphatic carbocycles. The molecule has 0 radical (unpaired) electrons. The number of hydrogen-bond acceptors (Lipinski definition) is 6. The molecule has 6 nitrogen and oxygen atoms in total. The Kier molecular flexibility index (Phi) is 5.66. The van der Waals surface area contributed by atoms with Gasteiger partial charge in [0.25, 0.3) is 0 Å². The van der Waals surface area contributed by atoms with Crippen molar-refractivity contribution in [2.45, 2.75) is 6.92 Å². The Morgan fingerprint density at radius 2 is 1.63 bits per heavy atom. The number of ether oxygens (including phenoxy) is 1. The summed E-state index contributed by atoms with van der Waals surface area (Å²) < 4.78 is 5.18. The van der Waals surface area contributed by atoms with Crippen LogP contribution in [0.25, 0.3) is 0 Å². The number of benzene rings is 2. The van der Waals surface area contributed by atoms with Crippen LogP contribution in [-0.2, 0) is 0 Å². The molecule has 0 spiro atoms. The monoisotopic (exact) mass is 383 g/mol. The molecule has 0 atom stereocenters. The molecule has 0 aliphatic rings. The highest BCUT2D eigenvalue weighted by Gasteiger charge is 2.06. The molecule has 0 saturated carbocycles. The highest BCUT2D eigenvalue weighted by atomic mass is 35.5. The van der Waals surface area contributed by atoms with Crippen LogP contribution in [-0.4, -0.2) is 31.2 Å². The van der Waals surface area contributed by atoms with Crippen LogP contribution in [0.5, 0.6) is 5.75 Å². The second-order valence-electron chi connectivity index (χ2n) is 6.26. The van der Waals surface area contributed by atoms with Crippen LogP contribution in [0.4, 0.5) is 28.8 Å². The van der Waals surface area contributed by atoms with E-state index in [1.807, 2.05) is 63.5 Å². The van der Waals surface area contributed by atoms with Gasteiger partial charge in [-0.25, -0.2) is 4.98 Å². The van der Waals surface area contributed by atoms with E-state index >= 15 is 0 Å². The van der Waals surface area contributed by atoms with Crippen LogP contribution in [0, 0.1) is 6.92 Å². The van der Waals surface area contributed by atoms with Crippen molar-refractivity contribution in [1.29, 1.82) is 0 Å². The highest BCUT2D eigenvalue weighted by molar-refractivity contribution is 6.32. The number of aryl methyl sites for hydroxylation is 1. The molecule has 27 heavy (non-hydrogen) atoms. The van der Waals surface area contributed by atoms with Gasteiger partial charge >= 0.3 is 0 Å². The molecule has 0 saturated heterocycles. The summed E-state index contributed by atoms with van der Waals surface area (Å²) in [6.07, 6.45) is 0. The lowest BCUT2D eigenvalue weighted by molar-refractivity contribution is 0.415. The van der Waals surface area contributed by atoms with Crippen molar-refractivity contribution in [3.63, 3.8) is 0 Å². The van der Waals surface area contributed by atoms with E-state index in [9.17, 15) is 0 Å². The summed E-state index contributed by atoms with van der Waals surface area (Å²) in [5.41, 5.74) is 3.72. The van der Waals surface area contributed by atoms with Crippen molar-refractivity contribution in [3.8, 4) is 5.75 Å². The van der Waals surface area contributed by atoms with Crippen LogP contribution in [0.1, 0.15) is 5.69 Å². The number of anilines is 5. The highest BCUT2D eigenvalue weighted by Crippen LogP contribution is 2.29. The van der Waals surface area contributed by atoms with Gasteiger partial charge in [-0.3, -0.25) is 0 Å². The lowest BCUT2D eigenvalue weighted by Crippen LogP contribution is -2.08. The molecule has 3 aromatic rings. The standard InChI is InChI=1S/C20H22ClN5O/c1-13-11-19(23-15-7-10-18(27-4)17(21)12-15)25-20(22-13)24-14-5-8-16(9-6-14)26(2)3/h5-12H,1-4H3,(H2,22,23,24,25). The minimum Gasteiger partial charge on any atom is -0.495 e. The van der Waals surface area contributed by atoms with E-state index in [0.29, 0.717) is 22.5 Å². The van der Waals surface area contributed by atoms with Crippen molar-refractivity contribution < 1.29 is 4.74 Å². The molecule has 2 aromatic carbocycles. The third kappa shape index (κ3) is 4.80. The fraction of sp³-hybridized carbons (Fsp3) is 0.200. The van der Waals surface area contributed by atoms with Crippen molar-refractivity contribution in [2.75, 3.05) is 36.7 Å². The first-order chi connectivity index (χ1) is 12.9. The molecular formula is C20H22ClN5O. The van der Waals surface area contributed by atoms with Gasteiger partial charge in [0.15, 0.2) is 0 Å². The van der Waals surface area contributed by atoms with Gasteiger partial charge in [-0.2, -0.15) is 4.98 Å². The Balaban J connectivity index is 1.78. The molecule has 2 N–H and O–H groups in total. The second-order valence-corrected chi connectivity index (χ2v) is 6.67. The molecule has 1 aromatic heterocycles. The van der Waals surface area contributed by atoms with Gasteiger partial charge in [0.05, 0.1) is 12.1 Å². The normalized spacial score (nSPS) is 10.4. The van der Waals surface area contributed by atoms with Crippen LogP contribution in [0.2, 0.25) is 5.02 Å². The van der Waals surface area contributed by atoms with Gasteiger partial charge in [-0.15, -0.1) is 0 Å². The van der Waals surface area contributed by atoms with Gasteiger partial charge in [0.1, 0.15) is 11.6 Å². The van der Waals surface area contributed by atoms with Crippen LogP contribution >= 0.6 is 11.6 Å². The quantitative estimate of drug-likeness (QED) is 0.624. The van der Waals surface area contributed by atoms with Crippen molar-refractivity contribution in [1.82, 2.24) is 9.97 Å². The van der Waals surface area contributed by atoms with Gasteiger partial charge in [0, 0.05) is 42.9 Å². The lowest BCUT2D eigenvalue weighted by atomic mass is 10.2. The fourth-order valence-electron chi connectivity index (χ4n) is 2.55. The summed E-state index contributed by atoms with van der Waals surface area (Å²) in [7, 11) is 5.61. The zero-order chi connectivity index (χ0) is 19.4. The van der Waals surface area contributed by atoms with Gasteiger partial charge in [-0.05, 0) is 49.4 Å². The number of methoxy groups -OCH3 is 1. The Labute approximate surface area is 164 Å². The summed E-state index contributed by atoms with van der Waals surface area (Å²) in [4.78, 5) is 11.0. The summed E-state index contributed by atoms with van der Waals surface area (Å²) in [5, 5.41) is 7.02. The molecule has 7 heteroatoms. The number of nitrogens with zero attached hydrogens (tertiary/aromatic N) is 3. The van der Waals surface area contributed by atoms with E-state index in [4.69, 9.17) is 16.3 Å². The molecule has 0 amide bonds. The largest absolute Gasteiger partial charge is 0.495 e. The number of hydrogen-bond donors (Lipinski definition) is 2. The number of rotatable bonds is 6. The van der Waals surface area contributed by atoms with Crippen molar-refractivity contribution in [2.24, 2.45) is 0 Å². The van der Waals surface area contributed by atoms with Crippen molar-refractivity contribution in [3.05, 3.63) is 59.2 Å². The van der Waals surface area contributed by atoms with E-state index in [2.05, 4.69) is 25.5 Å². The van der Waals surface area contributed by atoms with Gasteiger partial charge in [-0.1, -0.05) is 11.6 Å². The maximum atomic E-state index is 6.19. The lowest BCUT2D eigenvalue weighted by Gasteiger charge is -2.14. The molecule has 3 rings (SSSR count). The average Bonchev–Trinajstić information content (AvgIpc) is 2.62. The Bertz CT molecular complexity index is 928. The summed E-state index contributed by atoms with van der Waals surface area (Å²) in [5.74, 6) is 1.83. The maximum Gasteiger partial charge on any atom is 0.229 e. The predicted molar refractivity (Wildman–Crippen MR) is 112 cm³/mol. The fourth-order valence-corrected chi connectivity index (χ4v) is 2.81. The third-order valence-electron chi connectivity index (χ3n) is 3.92. The Hall–Kier alpha value is -2.99. The molecule has 0 unspecified atom stereocenters. The molecule has 140 valence electrons. The molecular weight excluding hydrogens is 362 g/mol. The molecule has 0 fully saturated rings. The van der Waals surface area contributed by atoms with E-state index < -0.39 is 0 Å².